The second-order valence-corrected chi connectivity index (χ2v) is 9.88. The van der Waals surface area contributed by atoms with Crippen LogP contribution in [-0.2, 0) is 6.61 Å². The average Bonchev–Trinajstić information content (AvgIpc) is 2.79. The maximum atomic E-state index is 13.1. The minimum Gasteiger partial charge on any atom is -0.488 e. The van der Waals surface area contributed by atoms with E-state index in [9.17, 15) is 4.79 Å². The number of halogens is 2. The van der Waals surface area contributed by atoms with Crippen molar-refractivity contribution < 1.29 is 4.74 Å². The lowest BCUT2D eigenvalue weighted by molar-refractivity contribution is 0.304. The molecule has 4 aromatic rings. The van der Waals surface area contributed by atoms with Gasteiger partial charge in [0, 0.05) is 10.4 Å². The molecular formula is C26H23Br2N3O2. The summed E-state index contributed by atoms with van der Waals surface area (Å²) in [6.07, 6.45) is 1.66. The van der Waals surface area contributed by atoms with Crippen molar-refractivity contribution in [3.8, 4) is 5.75 Å². The Bertz CT molecular complexity index is 1390. The molecule has 168 valence electrons. The Hall–Kier alpha value is -2.77. The molecule has 0 bridgehead atoms. The fourth-order valence-corrected chi connectivity index (χ4v) is 4.21. The van der Waals surface area contributed by atoms with Gasteiger partial charge in [-0.25, -0.2) is 4.98 Å². The Morgan fingerprint density at radius 3 is 2.52 bits per heavy atom. The summed E-state index contributed by atoms with van der Waals surface area (Å²) in [5.41, 5.74) is 3.63. The predicted octanol–water partition coefficient (Wildman–Crippen LogP) is 6.81. The van der Waals surface area contributed by atoms with Gasteiger partial charge in [0.1, 0.15) is 18.2 Å². The highest BCUT2D eigenvalue weighted by molar-refractivity contribution is 9.10. The van der Waals surface area contributed by atoms with Crippen LogP contribution < -0.4 is 10.3 Å². The van der Waals surface area contributed by atoms with Crippen LogP contribution in [0.15, 0.2) is 79.5 Å². The Balaban J connectivity index is 1.60. The summed E-state index contributed by atoms with van der Waals surface area (Å²) in [7, 11) is 0. The first-order chi connectivity index (χ1) is 15.8. The highest BCUT2D eigenvalue weighted by atomic mass is 79.9. The molecule has 0 radical (unpaired) electrons. The molecule has 0 saturated heterocycles. The molecule has 0 unspecified atom stereocenters. The number of hydrogen-bond donors (Lipinski definition) is 0. The third-order valence-electron chi connectivity index (χ3n) is 5.14. The van der Waals surface area contributed by atoms with E-state index in [2.05, 4.69) is 73.1 Å². The van der Waals surface area contributed by atoms with Gasteiger partial charge >= 0.3 is 0 Å². The number of aromatic nitrogens is 2. The van der Waals surface area contributed by atoms with Crippen LogP contribution >= 0.6 is 31.9 Å². The quantitative estimate of drug-likeness (QED) is 0.240. The van der Waals surface area contributed by atoms with Gasteiger partial charge in [-0.05, 0) is 70.4 Å². The van der Waals surface area contributed by atoms with Crippen LogP contribution in [0.5, 0.6) is 5.75 Å². The molecule has 1 aromatic heterocycles. The molecule has 0 fully saturated rings. The standard InChI is InChI=1S/C26H23Br2N3O2/c1-16(2)25-30-23-10-9-20(27)13-21(23)26(32)31(25)29-14-19-8-11-24(22(28)12-19)33-15-18-6-4-17(3)5-7-18/h4-14,16H,15H2,1-3H3. The van der Waals surface area contributed by atoms with E-state index in [1.165, 1.54) is 10.2 Å². The van der Waals surface area contributed by atoms with Gasteiger partial charge in [-0.3, -0.25) is 4.79 Å². The summed E-state index contributed by atoms with van der Waals surface area (Å²) in [4.78, 5) is 17.8. The van der Waals surface area contributed by atoms with Crippen molar-refractivity contribution in [2.24, 2.45) is 5.10 Å². The molecule has 3 aromatic carbocycles. The van der Waals surface area contributed by atoms with Crippen LogP contribution in [0.3, 0.4) is 0 Å². The van der Waals surface area contributed by atoms with E-state index in [-0.39, 0.29) is 11.5 Å². The molecule has 0 atom stereocenters. The molecule has 33 heavy (non-hydrogen) atoms. The van der Waals surface area contributed by atoms with E-state index in [4.69, 9.17) is 4.74 Å². The van der Waals surface area contributed by atoms with E-state index in [1.54, 1.807) is 12.3 Å². The molecule has 5 nitrogen and oxygen atoms in total. The fraction of sp³-hybridized carbons (Fsp3) is 0.192. The van der Waals surface area contributed by atoms with Gasteiger partial charge in [-0.15, -0.1) is 0 Å². The normalized spacial score (nSPS) is 11.6. The second kappa shape index (κ2) is 10.0. The van der Waals surface area contributed by atoms with Crippen LogP contribution in [0.4, 0.5) is 0 Å². The van der Waals surface area contributed by atoms with Gasteiger partial charge in [0.25, 0.3) is 5.56 Å². The molecule has 0 amide bonds. The number of hydrogen-bond acceptors (Lipinski definition) is 4. The summed E-state index contributed by atoms with van der Waals surface area (Å²) < 4.78 is 8.97. The summed E-state index contributed by atoms with van der Waals surface area (Å²) in [6, 6.07) is 19.5. The lowest BCUT2D eigenvalue weighted by atomic mass is 10.2. The van der Waals surface area contributed by atoms with Crippen molar-refractivity contribution in [3.63, 3.8) is 0 Å². The average molecular weight is 569 g/mol. The molecular weight excluding hydrogens is 546 g/mol. The summed E-state index contributed by atoms with van der Waals surface area (Å²) in [5.74, 6) is 1.39. The molecule has 7 heteroatoms. The second-order valence-electron chi connectivity index (χ2n) is 8.11. The number of benzene rings is 3. The van der Waals surface area contributed by atoms with E-state index < -0.39 is 0 Å². The summed E-state index contributed by atoms with van der Waals surface area (Å²) in [6.45, 7) is 6.54. The molecule has 1 heterocycles. The zero-order valence-corrected chi connectivity index (χ0v) is 21.7. The third kappa shape index (κ3) is 5.42. The first kappa shape index (κ1) is 23.4. The van der Waals surface area contributed by atoms with Crippen LogP contribution in [-0.4, -0.2) is 15.9 Å². The lowest BCUT2D eigenvalue weighted by Gasteiger charge is -2.12. The zero-order chi connectivity index (χ0) is 23.5. The number of aryl methyl sites for hydroxylation is 1. The van der Waals surface area contributed by atoms with Crippen molar-refractivity contribution >= 4 is 49.0 Å². The number of ether oxygens (including phenoxy) is 1. The largest absolute Gasteiger partial charge is 0.488 e. The number of nitrogens with zero attached hydrogens (tertiary/aromatic N) is 3. The van der Waals surface area contributed by atoms with Crippen LogP contribution in [0, 0.1) is 6.92 Å². The van der Waals surface area contributed by atoms with Gasteiger partial charge in [-0.2, -0.15) is 9.78 Å². The smallest absolute Gasteiger partial charge is 0.282 e. The van der Waals surface area contributed by atoms with Crippen molar-refractivity contribution in [1.29, 1.82) is 0 Å². The predicted molar refractivity (Wildman–Crippen MR) is 140 cm³/mol. The Morgan fingerprint density at radius 2 is 1.82 bits per heavy atom. The first-order valence-electron chi connectivity index (χ1n) is 10.6. The summed E-state index contributed by atoms with van der Waals surface area (Å²) in [5, 5.41) is 5.01. The lowest BCUT2D eigenvalue weighted by Crippen LogP contribution is -2.23. The molecule has 0 aliphatic heterocycles. The highest BCUT2D eigenvalue weighted by Crippen LogP contribution is 2.26. The monoisotopic (exact) mass is 567 g/mol. The minimum atomic E-state index is -0.196. The molecule has 4 rings (SSSR count). The van der Waals surface area contributed by atoms with E-state index in [1.807, 2.05) is 44.2 Å². The highest BCUT2D eigenvalue weighted by Gasteiger charge is 2.14. The topological polar surface area (TPSA) is 56.5 Å². The first-order valence-corrected chi connectivity index (χ1v) is 12.1. The maximum absolute atomic E-state index is 13.1. The van der Waals surface area contributed by atoms with Gasteiger partial charge in [0.2, 0.25) is 0 Å². The van der Waals surface area contributed by atoms with Crippen LogP contribution in [0.1, 0.15) is 42.3 Å². The van der Waals surface area contributed by atoms with Crippen molar-refractivity contribution in [3.05, 3.63) is 102 Å². The number of rotatable bonds is 6. The van der Waals surface area contributed by atoms with Gasteiger partial charge < -0.3 is 4.74 Å². The SMILES string of the molecule is Cc1ccc(COc2ccc(C=Nn3c(C(C)C)nc4ccc(Br)cc4c3=O)cc2Br)cc1. The molecule has 0 aliphatic rings. The fourth-order valence-electron chi connectivity index (χ4n) is 3.34. The van der Waals surface area contributed by atoms with Gasteiger partial charge in [0.05, 0.1) is 21.6 Å². The Morgan fingerprint density at radius 1 is 1.06 bits per heavy atom. The third-order valence-corrected chi connectivity index (χ3v) is 6.26. The van der Waals surface area contributed by atoms with Crippen molar-refractivity contribution in [2.45, 2.75) is 33.3 Å². The van der Waals surface area contributed by atoms with E-state index >= 15 is 0 Å². The molecule has 0 saturated carbocycles. The minimum absolute atomic E-state index is 0.0344. The Labute approximate surface area is 209 Å². The van der Waals surface area contributed by atoms with E-state index in [0.29, 0.717) is 23.3 Å². The molecule has 0 spiro atoms. The Kier molecular flexibility index (Phi) is 7.10. The van der Waals surface area contributed by atoms with Crippen LogP contribution in [0.2, 0.25) is 0 Å². The molecule has 0 N–H and O–H groups in total. The van der Waals surface area contributed by atoms with Gasteiger partial charge in [0.15, 0.2) is 0 Å². The van der Waals surface area contributed by atoms with E-state index in [0.717, 1.165) is 25.8 Å². The maximum Gasteiger partial charge on any atom is 0.282 e. The van der Waals surface area contributed by atoms with Crippen LogP contribution in [0.25, 0.3) is 10.9 Å². The van der Waals surface area contributed by atoms with Crippen molar-refractivity contribution in [1.82, 2.24) is 9.66 Å². The zero-order valence-electron chi connectivity index (χ0n) is 18.5. The van der Waals surface area contributed by atoms with Gasteiger partial charge in [-0.1, -0.05) is 59.6 Å². The van der Waals surface area contributed by atoms with Crippen molar-refractivity contribution in [2.75, 3.05) is 0 Å². The molecule has 0 aliphatic carbocycles. The number of fused-ring (bicyclic) bond motifs is 1. The summed E-state index contributed by atoms with van der Waals surface area (Å²) >= 11 is 7.01.